The lowest BCUT2D eigenvalue weighted by Crippen LogP contribution is -2.36. The highest BCUT2D eigenvalue weighted by Gasteiger charge is 2.32. The van der Waals surface area contributed by atoms with Crippen molar-refractivity contribution in [2.75, 3.05) is 0 Å². The van der Waals surface area contributed by atoms with Gasteiger partial charge in [-0.15, -0.1) is 6.58 Å². The Bertz CT molecular complexity index is 1090. The van der Waals surface area contributed by atoms with Gasteiger partial charge in [-0.25, -0.2) is 13.1 Å². The van der Waals surface area contributed by atoms with Crippen LogP contribution in [0.2, 0.25) is 0 Å². The zero-order valence-electron chi connectivity index (χ0n) is 14.8. The third-order valence-electron chi connectivity index (χ3n) is 4.39. The molecule has 148 valence electrons. The number of sulfonamides is 1. The summed E-state index contributed by atoms with van der Waals surface area (Å²) in [6, 6.07) is 10.8. The molecule has 1 atom stereocenters. The number of aromatic nitrogens is 1. The van der Waals surface area contributed by atoms with Gasteiger partial charge in [0, 0.05) is 23.1 Å². The van der Waals surface area contributed by atoms with Gasteiger partial charge in [0.1, 0.15) is 0 Å². The molecule has 0 bridgehead atoms. The van der Waals surface area contributed by atoms with Crippen molar-refractivity contribution in [3.8, 4) is 0 Å². The van der Waals surface area contributed by atoms with E-state index in [2.05, 4.69) is 16.3 Å². The highest BCUT2D eigenvalue weighted by molar-refractivity contribution is 7.89. The number of benzene rings is 2. The minimum absolute atomic E-state index is 0.331. The van der Waals surface area contributed by atoms with Crippen molar-refractivity contribution in [1.29, 1.82) is 0 Å². The molecule has 0 unspecified atom stereocenters. The van der Waals surface area contributed by atoms with Gasteiger partial charge < -0.3 is 4.98 Å². The van der Waals surface area contributed by atoms with Gasteiger partial charge in [-0.05, 0) is 42.7 Å². The van der Waals surface area contributed by atoms with Crippen LogP contribution in [0.5, 0.6) is 0 Å². The smallest absolute Gasteiger partial charge is 0.361 e. The van der Waals surface area contributed by atoms with Crippen LogP contribution in [0.25, 0.3) is 10.9 Å². The first kappa shape index (κ1) is 20.2. The third kappa shape index (κ3) is 4.45. The predicted molar refractivity (Wildman–Crippen MR) is 102 cm³/mol. The molecule has 1 heterocycles. The fraction of sp³-hybridized carbons (Fsp3) is 0.200. The number of H-pyrrole nitrogens is 1. The molecule has 0 aliphatic rings. The van der Waals surface area contributed by atoms with E-state index in [1.165, 1.54) is 0 Å². The van der Waals surface area contributed by atoms with Crippen molar-refractivity contribution in [2.24, 2.45) is 0 Å². The van der Waals surface area contributed by atoms with Gasteiger partial charge in [0.2, 0.25) is 10.0 Å². The van der Waals surface area contributed by atoms with Crippen molar-refractivity contribution in [3.63, 3.8) is 0 Å². The summed E-state index contributed by atoms with van der Waals surface area (Å²) >= 11 is 0. The van der Waals surface area contributed by atoms with Crippen molar-refractivity contribution in [3.05, 3.63) is 78.5 Å². The maximum atomic E-state index is 12.9. The average molecular weight is 408 g/mol. The molecule has 0 aliphatic carbocycles. The van der Waals surface area contributed by atoms with Crippen LogP contribution in [-0.4, -0.2) is 19.4 Å². The molecule has 1 aromatic heterocycles. The molecule has 0 saturated heterocycles. The Hall–Kier alpha value is -2.58. The van der Waals surface area contributed by atoms with E-state index in [0.29, 0.717) is 18.9 Å². The molecule has 0 aliphatic heterocycles. The summed E-state index contributed by atoms with van der Waals surface area (Å²) < 4.78 is 66.6. The number of rotatable bonds is 7. The molecule has 0 amide bonds. The van der Waals surface area contributed by atoms with E-state index in [-0.39, 0.29) is 0 Å². The largest absolute Gasteiger partial charge is 0.416 e. The van der Waals surface area contributed by atoms with Gasteiger partial charge in [-0.2, -0.15) is 13.2 Å². The molecule has 28 heavy (non-hydrogen) atoms. The Morgan fingerprint density at radius 3 is 2.61 bits per heavy atom. The van der Waals surface area contributed by atoms with Gasteiger partial charge in [0.05, 0.1) is 10.5 Å². The highest BCUT2D eigenvalue weighted by atomic mass is 32.2. The Labute approximate surface area is 161 Å². The van der Waals surface area contributed by atoms with E-state index in [4.69, 9.17) is 0 Å². The second kappa shape index (κ2) is 7.81. The summed E-state index contributed by atoms with van der Waals surface area (Å²) in [5, 5.41) is 0.967. The lowest BCUT2D eigenvalue weighted by molar-refractivity contribution is -0.137. The molecular weight excluding hydrogens is 389 g/mol. The SMILES string of the molecule is C=CC[C@@H](Cc1c[nH]c2ccccc12)NS(=O)(=O)c1cccc(C(F)(F)F)c1. The molecule has 2 aromatic carbocycles. The monoisotopic (exact) mass is 408 g/mol. The molecule has 2 N–H and O–H groups in total. The minimum Gasteiger partial charge on any atom is -0.361 e. The summed E-state index contributed by atoms with van der Waals surface area (Å²) in [5.74, 6) is 0. The van der Waals surface area contributed by atoms with Crippen LogP contribution in [0.4, 0.5) is 13.2 Å². The van der Waals surface area contributed by atoms with Crippen LogP contribution in [0.15, 0.2) is 72.3 Å². The lowest BCUT2D eigenvalue weighted by Gasteiger charge is -2.18. The quantitative estimate of drug-likeness (QED) is 0.559. The molecule has 0 spiro atoms. The maximum Gasteiger partial charge on any atom is 0.416 e. The summed E-state index contributed by atoms with van der Waals surface area (Å²) in [6.07, 6.45) is -0.532. The van der Waals surface area contributed by atoms with Gasteiger partial charge >= 0.3 is 6.18 Å². The second-order valence-electron chi connectivity index (χ2n) is 6.43. The van der Waals surface area contributed by atoms with Gasteiger partial charge in [-0.3, -0.25) is 0 Å². The van der Waals surface area contributed by atoms with Crippen molar-refractivity contribution < 1.29 is 21.6 Å². The van der Waals surface area contributed by atoms with E-state index in [0.717, 1.165) is 34.7 Å². The molecule has 3 rings (SSSR count). The van der Waals surface area contributed by atoms with E-state index in [1.54, 1.807) is 12.3 Å². The fourth-order valence-electron chi connectivity index (χ4n) is 3.07. The number of nitrogens with one attached hydrogen (secondary N) is 2. The second-order valence-corrected chi connectivity index (χ2v) is 8.15. The fourth-order valence-corrected chi connectivity index (χ4v) is 4.36. The first-order valence-electron chi connectivity index (χ1n) is 8.56. The Balaban J connectivity index is 1.86. The number of hydrogen-bond donors (Lipinski definition) is 2. The maximum absolute atomic E-state index is 12.9. The first-order chi connectivity index (χ1) is 13.2. The van der Waals surface area contributed by atoms with Gasteiger partial charge in [0.25, 0.3) is 0 Å². The molecule has 8 heteroatoms. The van der Waals surface area contributed by atoms with E-state index >= 15 is 0 Å². The van der Waals surface area contributed by atoms with Crippen molar-refractivity contribution in [1.82, 2.24) is 9.71 Å². The molecule has 0 saturated carbocycles. The summed E-state index contributed by atoms with van der Waals surface area (Å²) in [4.78, 5) is 2.71. The number of aromatic amines is 1. The number of fused-ring (bicyclic) bond motifs is 1. The predicted octanol–water partition coefficient (Wildman–Crippen LogP) is 4.65. The first-order valence-corrected chi connectivity index (χ1v) is 10.0. The Kier molecular flexibility index (Phi) is 5.62. The van der Waals surface area contributed by atoms with E-state index in [9.17, 15) is 21.6 Å². The van der Waals surface area contributed by atoms with Crippen molar-refractivity contribution in [2.45, 2.75) is 30.0 Å². The molecule has 4 nitrogen and oxygen atoms in total. The van der Waals surface area contributed by atoms with Crippen LogP contribution >= 0.6 is 0 Å². The number of para-hydroxylation sites is 1. The third-order valence-corrected chi connectivity index (χ3v) is 5.90. The summed E-state index contributed by atoms with van der Waals surface area (Å²) in [6.45, 7) is 3.65. The van der Waals surface area contributed by atoms with Crippen LogP contribution < -0.4 is 4.72 Å². The minimum atomic E-state index is -4.61. The van der Waals surface area contributed by atoms with Crippen LogP contribution in [0.3, 0.4) is 0 Å². The van der Waals surface area contributed by atoms with E-state index < -0.39 is 32.7 Å². The highest BCUT2D eigenvalue weighted by Crippen LogP contribution is 2.30. The summed E-state index contributed by atoms with van der Waals surface area (Å²) in [7, 11) is -4.13. The molecule has 0 radical (unpaired) electrons. The topological polar surface area (TPSA) is 62.0 Å². The van der Waals surface area contributed by atoms with Crippen molar-refractivity contribution >= 4 is 20.9 Å². The van der Waals surface area contributed by atoms with Crippen LogP contribution in [-0.2, 0) is 22.6 Å². The standard InChI is InChI=1S/C20H19F3N2O2S/c1-2-6-16(11-14-13-24-19-10-4-3-9-18(14)19)25-28(26,27)17-8-5-7-15(12-17)20(21,22)23/h2-5,7-10,12-13,16,24-25H,1,6,11H2/t16-/m0/s1. The molecule has 0 fully saturated rings. The Morgan fingerprint density at radius 1 is 1.14 bits per heavy atom. The molecular formula is C20H19F3N2O2S. The number of halogens is 3. The lowest BCUT2D eigenvalue weighted by atomic mass is 10.0. The average Bonchev–Trinajstić information content (AvgIpc) is 3.04. The normalized spacial score (nSPS) is 13.5. The van der Waals surface area contributed by atoms with Gasteiger partial charge in [-0.1, -0.05) is 30.3 Å². The molecule has 3 aromatic rings. The zero-order valence-corrected chi connectivity index (χ0v) is 15.6. The summed E-state index contributed by atoms with van der Waals surface area (Å²) in [5.41, 5.74) is 0.831. The number of hydrogen-bond acceptors (Lipinski definition) is 2. The van der Waals surface area contributed by atoms with Crippen LogP contribution in [0.1, 0.15) is 17.5 Å². The van der Waals surface area contributed by atoms with E-state index in [1.807, 2.05) is 24.3 Å². The number of alkyl halides is 3. The zero-order chi connectivity index (χ0) is 20.4. The Morgan fingerprint density at radius 2 is 1.89 bits per heavy atom. The van der Waals surface area contributed by atoms with Gasteiger partial charge in [0.15, 0.2) is 0 Å². The van der Waals surface area contributed by atoms with Crippen LogP contribution in [0, 0.1) is 0 Å².